The highest BCUT2D eigenvalue weighted by Gasteiger charge is 2.20. The Balaban J connectivity index is 1.87. The molecule has 1 aliphatic rings. The SMILES string of the molecule is Cc1ccc(CNC2CC2)cc1-c1ccsc1C. The first kappa shape index (κ1) is 11.9. The molecule has 1 saturated carbocycles. The van der Waals surface area contributed by atoms with Crippen molar-refractivity contribution < 1.29 is 0 Å². The van der Waals surface area contributed by atoms with Gasteiger partial charge in [-0.05, 0) is 66.5 Å². The Bertz CT molecular complexity index is 552. The quantitative estimate of drug-likeness (QED) is 0.862. The summed E-state index contributed by atoms with van der Waals surface area (Å²) in [6.45, 7) is 5.40. The molecule has 1 aromatic carbocycles. The second-order valence-electron chi connectivity index (χ2n) is 5.19. The van der Waals surface area contributed by atoms with E-state index in [9.17, 15) is 0 Å². The van der Waals surface area contributed by atoms with E-state index in [-0.39, 0.29) is 0 Å². The van der Waals surface area contributed by atoms with Gasteiger partial charge < -0.3 is 5.32 Å². The molecule has 1 fully saturated rings. The molecule has 0 amide bonds. The van der Waals surface area contributed by atoms with E-state index in [0.29, 0.717) is 0 Å². The summed E-state index contributed by atoms with van der Waals surface area (Å²) in [6, 6.07) is 9.85. The van der Waals surface area contributed by atoms with Crippen molar-refractivity contribution in [1.82, 2.24) is 5.32 Å². The van der Waals surface area contributed by atoms with Crippen LogP contribution in [-0.4, -0.2) is 6.04 Å². The summed E-state index contributed by atoms with van der Waals surface area (Å²) in [6.07, 6.45) is 2.70. The van der Waals surface area contributed by atoms with E-state index in [4.69, 9.17) is 0 Å². The van der Waals surface area contributed by atoms with Crippen LogP contribution in [-0.2, 0) is 6.54 Å². The second-order valence-corrected chi connectivity index (χ2v) is 6.32. The van der Waals surface area contributed by atoms with Crippen LogP contribution in [0.15, 0.2) is 29.6 Å². The summed E-state index contributed by atoms with van der Waals surface area (Å²) in [5, 5.41) is 5.76. The van der Waals surface area contributed by atoms with E-state index in [1.807, 2.05) is 11.3 Å². The van der Waals surface area contributed by atoms with Gasteiger partial charge in [0.1, 0.15) is 0 Å². The normalized spacial score (nSPS) is 15.0. The topological polar surface area (TPSA) is 12.0 Å². The molecule has 1 aromatic heterocycles. The molecule has 1 heterocycles. The molecule has 0 aliphatic heterocycles. The maximum Gasteiger partial charge on any atom is 0.0208 e. The zero-order valence-electron chi connectivity index (χ0n) is 11.0. The summed E-state index contributed by atoms with van der Waals surface area (Å²) in [4.78, 5) is 1.41. The fourth-order valence-electron chi connectivity index (χ4n) is 2.28. The molecule has 0 unspecified atom stereocenters. The van der Waals surface area contributed by atoms with Gasteiger partial charge in [-0.2, -0.15) is 0 Å². The van der Waals surface area contributed by atoms with E-state index >= 15 is 0 Å². The third-order valence-electron chi connectivity index (χ3n) is 3.62. The molecular weight excluding hydrogens is 238 g/mol. The second kappa shape index (κ2) is 4.87. The van der Waals surface area contributed by atoms with Crippen molar-refractivity contribution in [3.05, 3.63) is 45.6 Å². The van der Waals surface area contributed by atoms with Crippen LogP contribution in [0.5, 0.6) is 0 Å². The van der Waals surface area contributed by atoms with E-state index < -0.39 is 0 Å². The van der Waals surface area contributed by atoms with Crippen LogP contribution in [0.1, 0.15) is 28.8 Å². The van der Waals surface area contributed by atoms with Crippen LogP contribution in [0, 0.1) is 13.8 Å². The van der Waals surface area contributed by atoms with Crippen molar-refractivity contribution in [1.29, 1.82) is 0 Å². The molecule has 18 heavy (non-hydrogen) atoms. The average Bonchev–Trinajstić information content (AvgIpc) is 3.10. The maximum absolute atomic E-state index is 3.58. The van der Waals surface area contributed by atoms with Crippen LogP contribution < -0.4 is 5.32 Å². The first-order valence-electron chi connectivity index (χ1n) is 6.61. The molecule has 2 aromatic rings. The highest BCUT2D eigenvalue weighted by Crippen LogP contribution is 2.31. The number of hydrogen-bond donors (Lipinski definition) is 1. The zero-order chi connectivity index (χ0) is 12.5. The Morgan fingerprint density at radius 2 is 2.00 bits per heavy atom. The first-order chi connectivity index (χ1) is 8.74. The number of thiophene rings is 1. The monoisotopic (exact) mass is 257 g/mol. The van der Waals surface area contributed by atoms with Crippen molar-refractivity contribution in [3.63, 3.8) is 0 Å². The van der Waals surface area contributed by atoms with Gasteiger partial charge in [0.25, 0.3) is 0 Å². The highest BCUT2D eigenvalue weighted by molar-refractivity contribution is 7.10. The van der Waals surface area contributed by atoms with Gasteiger partial charge in [0.05, 0.1) is 0 Å². The van der Waals surface area contributed by atoms with Crippen LogP contribution in [0.4, 0.5) is 0 Å². The molecule has 1 N–H and O–H groups in total. The summed E-state index contributed by atoms with van der Waals surface area (Å²) in [7, 11) is 0. The van der Waals surface area contributed by atoms with Crippen LogP contribution in [0.25, 0.3) is 11.1 Å². The van der Waals surface area contributed by atoms with Crippen LogP contribution >= 0.6 is 11.3 Å². The van der Waals surface area contributed by atoms with Gasteiger partial charge in [0.2, 0.25) is 0 Å². The summed E-state index contributed by atoms with van der Waals surface area (Å²) < 4.78 is 0. The molecule has 0 radical (unpaired) electrons. The van der Waals surface area contributed by atoms with Gasteiger partial charge in [-0.25, -0.2) is 0 Å². The zero-order valence-corrected chi connectivity index (χ0v) is 11.8. The summed E-state index contributed by atoms with van der Waals surface area (Å²) >= 11 is 1.83. The van der Waals surface area contributed by atoms with E-state index in [0.717, 1.165) is 12.6 Å². The molecule has 94 valence electrons. The van der Waals surface area contributed by atoms with Gasteiger partial charge in [-0.3, -0.25) is 0 Å². The average molecular weight is 257 g/mol. The molecule has 0 saturated heterocycles. The largest absolute Gasteiger partial charge is 0.310 e. The Labute approximate surface area is 113 Å². The number of rotatable bonds is 4. The molecule has 3 rings (SSSR count). The van der Waals surface area contributed by atoms with Crippen molar-refractivity contribution in [2.24, 2.45) is 0 Å². The van der Waals surface area contributed by atoms with Crippen LogP contribution in [0.2, 0.25) is 0 Å². The summed E-state index contributed by atoms with van der Waals surface area (Å²) in [5.41, 5.74) is 5.55. The molecule has 2 heteroatoms. The summed E-state index contributed by atoms with van der Waals surface area (Å²) in [5.74, 6) is 0. The fraction of sp³-hybridized carbons (Fsp3) is 0.375. The molecular formula is C16H19NS. The predicted octanol–water partition coefficient (Wildman–Crippen LogP) is 4.28. The number of aryl methyl sites for hydroxylation is 2. The number of benzene rings is 1. The maximum atomic E-state index is 3.58. The first-order valence-corrected chi connectivity index (χ1v) is 7.49. The van der Waals surface area contributed by atoms with Crippen LogP contribution in [0.3, 0.4) is 0 Å². The highest BCUT2D eigenvalue weighted by atomic mass is 32.1. The third kappa shape index (κ3) is 2.50. The Kier molecular flexibility index (Phi) is 3.23. The Hall–Kier alpha value is -1.12. The van der Waals surface area contributed by atoms with Gasteiger partial charge in [-0.1, -0.05) is 12.1 Å². The van der Waals surface area contributed by atoms with Crippen molar-refractivity contribution >= 4 is 11.3 Å². The van der Waals surface area contributed by atoms with Crippen molar-refractivity contribution in [2.75, 3.05) is 0 Å². The lowest BCUT2D eigenvalue weighted by molar-refractivity contribution is 0.688. The lowest BCUT2D eigenvalue weighted by Gasteiger charge is -2.09. The molecule has 0 bridgehead atoms. The minimum atomic E-state index is 0.776. The smallest absolute Gasteiger partial charge is 0.0208 e. The fourth-order valence-corrected chi connectivity index (χ4v) is 3.00. The molecule has 0 spiro atoms. The minimum absolute atomic E-state index is 0.776. The minimum Gasteiger partial charge on any atom is -0.310 e. The number of hydrogen-bond acceptors (Lipinski definition) is 2. The van der Waals surface area contributed by atoms with Gasteiger partial charge in [-0.15, -0.1) is 11.3 Å². The molecule has 1 aliphatic carbocycles. The van der Waals surface area contributed by atoms with E-state index in [1.54, 1.807) is 0 Å². The number of nitrogens with one attached hydrogen (secondary N) is 1. The predicted molar refractivity (Wildman–Crippen MR) is 79.1 cm³/mol. The molecule has 1 nitrogen and oxygen atoms in total. The Morgan fingerprint density at radius 1 is 1.17 bits per heavy atom. The van der Waals surface area contributed by atoms with Gasteiger partial charge in [0, 0.05) is 17.5 Å². The standard InChI is InChI=1S/C16H19NS/c1-11-3-4-13(10-17-14-5-6-14)9-16(11)15-7-8-18-12(15)2/h3-4,7-9,14,17H,5-6,10H2,1-2H3. The molecule has 0 atom stereocenters. The van der Waals surface area contributed by atoms with Crippen molar-refractivity contribution in [3.8, 4) is 11.1 Å². The van der Waals surface area contributed by atoms with E-state index in [1.165, 1.54) is 40.0 Å². The van der Waals surface area contributed by atoms with E-state index in [2.05, 4.69) is 48.8 Å². The van der Waals surface area contributed by atoms with Gasteiger partial charge in [0.15, 0.2) is 0 Å². The third-order valence-corrected chi connectivity index (χ3v) is 4.47. The lowest BCUT2D eigenvalue weighted by atomic mass is 9.99. The van der Waals surface area contributed by atoms with Gasteiger partial charge >= 0.3 is 0 Å². The van der Waals surface area contributed by atoms with Crippen molar-refractivity contribution in [2.45, 2.75) is 39.3 Å². The lowest BCUT2D eigenvalue weighted by Crippen LogP contribution is -2.15. The Morgan fingerprint density at radius 3 is 2.67 bits per heavy atom.